The van der Waals surface area contributed by atoms with Crippen molar-refractivity contribution in [1.29, 1.82) is 0 Å². The van der Waals surface area contributed by atoms with Crippen molar-refractivity contribution >= 4 is 45.1 Å². The van der Waals surface area contributed by atoms with E-state index in [9.17, 15) is 18.3 Å². The first kappa shape index (κ1) is 22.5. The molecule has 0 saturated carbocycles. The molecule has 2 aromatic carbocycles. The third-order valence-electron chi connectivity index (χ3n) is 4.54. The van der Waals surface area contributed by atoms with Crippen molar-refractivity contribution in [2.75, 3.05) is 24.9 Å². The molecule has 11 heteroatoms. The number of anilines is 1. The molecule has 0 bridgehead atoms. The van der Waals surface area contributed by atoms with Gasteiger partial charge in [-0.05, 0) is 37.1 Å². The number of phenols is 1. The van der Waals surface area contributed by atoms with Gasteiger partial charge in [0.1, 0.15) is 22.3 Å². The van der Waals surface area contributed by atoms with E-state index in [2.05, 4.69) is 9.46 Å². The minimum Gasteiger partial charge on any atom is -0.506 e. The smallest absolute Gasteiger partial charge is 0.339 e. The highest BCUT2D eigenvalue weighted by molar-refractivity contribution is 7.90. The lowest BCUT2D eigenvalue weighted by atomic mass is 10.2. The van der Waals surface area contributed by atoms with Crippen molar-refractivity contribution in [3.63, 3.8) is 0 Å². The van der Waals surface area contributed by atoms with Crippen molar-refractivity contribution in [3.05, 3.63) is 45.9 Å². The molecule has 0 amide bonds. The van der Waals surface area contributed by atoms with Crippen LogP contribution in [0.15, 0.2) is 30.3 Å². The lowest BCUT2D eigenvalue weighted by molar-refractivity contribution is 0.0601. The Hall–Kier alpha value is -2.20. The fourth-order valence-electron chi connectivity index (χ4n) is 2.97. The second kappa shape index (κ2) is 9.30. The van der Waals surface area contributed by atoms with E-state index in [0.29, 0.717) is 13.1 Å². The summed E-state index contributed by atoms with van der Waals surface area (Å²) in [6, 6.07) is 6.89. The molecule has 0 radical (unpaired) electrons. The van der Waals surface area contributed by atoms with Crippen LogP contribution in [0.3, 0.4) is 0 Å². The van der Waals surface area contributed by atoms with Gasteiger partial charge >= 0.3 is 16.2 Å². The zero-order chi connectivity index (χ0) is 21.9. The fourth-order valence-corrected chi connectivity index (χ4v) is 4.72. The topological polar surface area (TPSA) is 105 Å². The SMILES string of the molecule is COC(=O)c1ccc(Oc2ccc(O)c(NS(=O)(=O)N3CCCCC3)c2)c(Cl)c1Cl. The highest BCUT2D eigenvalue weighted by Gasteiger charge is 2.25. The summed E-state index contributed by atoms with van der Waals surface area (Å²) in [5.41, 5.74) is 0.0451. The van der Waals surface area contributed by atoms with Crippen LogP contribution in [-0.2, 0) is 14.9 Å². The minimum absolute atomic E-state index is 0.0110. The molecule has 0 unspecified atom stereocenters. The van der Waals surface area contributed by atoms with E-state index in [-0.39, 0.29) is 38.5 Å². The van der Waals surface area contributed by atoms with Crippen LogP contribution < -0.4 is 9.46 Å². The zero-order valence-corrected chi connectivity index (χ0v) is 18.4. The maximum Gasteiger partial charge on any atom is 0.339 e. The number of aromatic hydroxyl groups is 1. The molecule has 0 aromatic heterocycles. The average molecular weight is 475 g/mol. The Labute approximate surface area is 184 Å². The molecule has 1 saturated heterocycles. The Morgan fingerprint density at radius 2 is 1.80 bits per heavy atom. The molecule has 8 nitrogen and oxygen atoms in total. The molecule has 2 N–H and O–H groups in total. The van der Waals surface area contributed by atoms with Crippen molar-refractivity contribution in [1.82, 2.24) is 4.31 Å². The zero-order valence-electron chi connectivity index (χ0n) is 16.0. The second-order valence-electron chi connectivity index (χ2n) is 6.58. The second-order valence-corrected chi connectivity index (χ2v) is 9.01. The number of nitrogens with one attached hydrogen (secondary N) is 1. The molecule has 0 atom stereocenters. The number of methoxy groups -OCH3 is 1. The van der Waals surface area contributed by atoms with Gasteiger partial charge < -0.3 is 14.6 Å². The predicted octanol–water partition coefficient (Wildman–Crippen LogP) is 4.42. The predicted molar refractivity (Wildman–Crippen MR) is 114 cm³/mol. The standard InChI is InChI=1S/C19H20Cl2N2O6S/c1-28-19(25)13-6-8-16(18(21)17(13)20)29-12-5-7-15(24)14(11-12)22-30(26,27)23-9-3-2-4-10-23/h5-8,11,22,24H,2-4,9-10H2,1H3. The summed E-state index contributed by atoms with van der Waals surface area (Å²) in [5.74, 6) is -0.557. The Balaban J connectivity index is 1.84. The van der Waals surface area contributed by atoms with Crippen LogP contribution in [-0.4, -0.2) is 44.0 Å². The average Bonchev–Trinajstić information content (AvgIpc) is 2.74. The van der Waals surface area contributed by atoms with Gasteiger partial charge in [0.15, 0.2) is 0 Å². The number of ether oxygens (including phenoxy) is 2. The van der Waals surface area contributed by atoms with Crippen molar-refractivity contribution in [2.45, 2.75) is 19.3 Å². The molecule has 0 spiro atoms. The summed E-state index contributed by atoms with van der Waals surface area (Å²) < 4.78 is 39.2. The summed E-state index contributed by atoms with van der Waals surface area (Å²) in [7, 11) is -2.59. The molecule has 2 aromatic rings. The number of halogens is 2. The number of phenolic OH excluding ortho intramolecular Hbond substituents is 1. The van der Waals surface area contributed by atoms with Gasteiger partial charge in [0.05, 0.1) is 23.4 Å². The monoisotopic (exact) mass is 474 g/mol. The Bertz CT molecular complexity index is 1060. The molecule has 30 heavy (non-hydrogen) atoms. The molecule has 1 heterocycles. The molecule has 162 valence electrons. The van der Waals surface area contributed by atoms with Crippen LogP contribution in [0.2, 0.25) is 10.0 Å². The summed E-state index contributed by atoms with van der Waals surface area (Å²) >= 11 is 12.3. The van der Waals surface area contributed by atoms with Crippen LogP contribution in [0.4, 0.5) is 5.69 Å². The first-order chi connectivity index (χ1) is 14.2. The van der Waals surface area contributed by atoms with E-state index in [1.807, 2.05) is 0 Å². The lowest BCUT2D eigenvalue weighted by Gasteiger charge is -2.26. The third kappa shape index (κ3) is 4.92. The van der Waals surface area contributed by atoms with Gasteiger partial charge in [-0.3, -0.25) is 4.72 Å². The summed E-state index contributed by atoms with van der Waals surface area (Å²) in [5, 5.41) is 10.0. The van der Waals surface area contributed by atoms with Crippen molar-refractivity contribution < 1.29 is 27.8 Å². The number of rotatable bonds is 6. The summed E-state index contributed by atoms with van der Waals surface area (Å²) in [6.07, 6.45) is 2.56. The number of nitrogens with zero attached hydrogens (tertiary/aromatic N) is 1. The van der Waals surface area contributed by atoms with E-state index in [1.165, 1.54) is 41.7 Å². The molecule has 1 aliphatic rings. The van der Waals surface area contributed by atoms with Crippen molar-refractivity contribution in [3.8, 4) is 17.2 Å². The third-order valence-corrected chi connectivity index (χ3v) is 6.93. The van der Waals surface area contributed by atoms with Crippen LogP contribution in [0.25, 0.3) is 0 Å². The van der Waals surface area contributed by atoms with Gasteiger partial charge in [-0.1, -0.05) is 29.6 Å². The summed E-state index contributed by atoms with van der Waals surface area (Å²) in [4.78, 5) is 11.7. The largest absolute Gasteiger partial charge is 0.506 e. The highest BCUT2D eigenvalue weighted by Crippen LogP contribution is 2.39. The number of carbonyl (C=O) groups excluding carboxylic acids is 1. The van der Waals surface area contributed by atoms with Crippen LogP contribution in [0.1, 0.15) is 29.6 Å². The normalized spacial score (nSPS) is 14.9. The first-order valence-electron chi connectivity index (χ1n) is 9.08. The first-order valence-corrected chi connectivity index (χ1v) is 11.3. The van der Waals surface area contributed by atoms with Gasteiger partial charge in [0, 0.05) is 19.2 Å². The van der Waals surface area contributed by atoms with Crippen LogP contribution in [0, 0.1) is 0 Å². The molecular formula is C19H20Cl2N2O6S. The van der Waals surface area contributed by atoms with Gasteiger partial charge in [-0.25, -0.2) is 4.79 Å². The number of carbonyl (C=O) groups is 1. The van der Waals surface area contributed by atoms with E-state index in [4.69, 9.17) is 27.9 Å². The number of hydrogen-bond donors (Lipinski definition) is 2. The van der Waals surface area contributed by atoms with E-state index in [1.54, 1.807) is 0 Å². The van der Waals surface area contributed by atoms with Gasteiger partial charge in [-0.2, -0.15) is 12.7 Å². The van der Waals surface area contributed by atoms with E-state index < -0.39 is 16.2 Å². The molecule has 1 fully saturated rings. The number of piperidine rings is 1. The Morgan fingerprint density at radius 3 is 2.47 bits per heavy atom. The van der Waals surface area contributed by atoms with Gasteiger partial charge in [0.25, 0.3) is 0 Å². The van der Waals surface area contributed by atoms with E-state index in [0.717, 1.165) is 19.3 Å². The fraction of sp³-hybridized carbons (Fsp3) is 0.316. The van der Waals surface area contributed by atoms with E-state index >= 15 is 0 Å². The van der Waals surface area contributed by atoms with Crippen molar-refractivity contribution in [2.24, 2.45) is 0 Å². The van der Waals surface area contributed by atoms with Gasteiger partial charge in [-0.15, -0.1) is 0 Å². The quantitative estimate of drug-likeness (QED) is 0.474. The van der Waals surface area contributed by atoms with Crippen LogP contribution >= 0.6 is 23.2 Å². The number of hydrogen-bond acceptors (Lipinski definition) is 6. The number of esters is 1. The summed E-state index contributed by atoms with van der Waals surface area (Å²) in [6.45, 7) is 0.847. The molecule has 0 aliphatic carbocycles. The maximum absolute atomic E-state index is 12.6. The Kier molecular flexibility index (Phi) is 6.97. The van der Waals surface area contributed by atoms with Crippen LogP contribution in [0.5, 0.6) is 17.2 Å². The number of benzene rings is 2. The molecular weight excluding hydrogens is 455 g/mol. The maximum atomic E-state index is 12.6. The highest BCUT2D eigenvalue weighted by atomic mass is 35.5. The lowest BCUT2D eigenvalue weighted by Crippen LogP contribution is -2.39. The molecule has 1 aliphatic heterocycles. The van der Waals surface area contributed by atoms with Gasteiger partial charge in [0.2, 0.25) is 0 Å². The Morgan fingerprint density at radius 1 is 1.10 bits per heavy atom. The minimum atomic E-state index is -3.81. The molecule has 3 rings (SSSR count).